The number of hydrogen-bond donors (Lipinski definition) is 1. The van der Waals surface area contributed by atoms with E-state index >= 15 is 0 Å². The van der Waals surface area contributed by atoms with Gasteiger partial charge in [-0.15, -0.1) is 0 Å². The molecule has 0 bridgehead atoms. The molecule has 1 aromatic carbocycles. The first-order chi connectivity index (χ1) is 8.79. The number of methoxy groups -OCH3 is 1. The topological polar surface area (TPSA) is 47.0 Å². The van der Waals surface area contributed by atoms with Gasteiger partial charge in [0, 0.05) is 18.4 Å². The van der Waals surface area contributed by atoms with Gasteiger partial charge < -0.3 is 10.1 Å². The fraction of sp³-hybridized carbons (Fsp3) is 0.286. The molecule has 0 radical (unpaired) electrons. The monoisotopic (exact) mass is 243 g/mol. The summed E-state index contributed by atoms with van der Waals surface area (Å²) >= 11 is 0. The van der Waals surface area contributed by atoms with Crippen molar-refractivity contribution in [2.45, 2.75) is 19.5 Å². The van der Waals surface area contributed by atoms with Crippen LogP contribution in [0.15, 0.2) is 42.7 Å². The fourth-order valence-corrected chi connectivity index (χ4v) is 1.69. The van der Waals surface area contributed by atoms with Crippen LogP contribution in [-0.4, -0.2) is 17.1 Å². The molecule has 1 atom stereocenters. The molecule has 0 aliphatic heterocycles. The molecular weight excluding hydrogens is 226 g/mol. The Hall–Kier alpha value is -1.94. The molecule has 0 unspecified atom stereocenters. The zero-order valence-corrected chi connectivity index (χ0v) is 10.6. The minimum absolute atomic E-state index is 0.226. The second kappa shape index (κ2) is 6.12. The molecule has 94 valence electrons. The van der Waals surface area contributed by atoms with Crippen molar-refractivity contribution in [2.24, 2.45) is 0 Å². The molecular formula is C14H17N3O. The maximum absolute atomic E-state index is 5.22. The van der Waals surface area contributed by atoms with Gasteiger partial charge in [-0.2, -0.15) is 0 Å². The first-order valence-electron chi connectivity index (χ1n) is 5.93. The lowest BCUT2D eigenvalue weighted by Gasteiger charge is -2.14. The molecule has 4 heteroatoms. The number of ether oxygens (including phenoxy) is 1. The predicted octanol–water partition coefficient (Wildman–Crippen LogP) is 2.34. The number of aromatic nitrogens is 2. The highest BCUT2D eigenvalue weighted by Crippen LogP contribution is 2.18. The molecule has 0 aliphatic carbocycles. The van der Waals surface area contributed by atoms with Crippen molar-refractivity contribution < 1.29 is 4.74 Å². The number of hydrogen-bond acceptors (Lipinski definition) is 4. The average molecular weight is 243 g/mol. The minimum atomic E-state index is 0.226. The van der Waals surface area contributed by atoms with Gasteiger partial charge >= 0.3 is 0 Å². The van der Waals surface area contributed by atoms with E-state index in [9.17, 15) is 0 Å². The molecule has 1 aromatic heterocycles. The third-order valence-electron chi connectivity index (χ3n) is 2.78. The Kier molecular flexibility index (Phi) is 4.25. The zero-order chi connectivity index (χ0) is 12.8. The summed E-state index contributed by atoms with van der Waals surface area (Å²) in [5, 5.41) is 3.39. The molecule has 2 rings (SSSR count). The van der Waals surface area contributed by atoms with Crippen LogP contribution in [0, 0.1) is 0 Å². The molecule has 18 heavy (non-hydrogen) atoms. The largest absolute Gasteiger partial charge is 0.497 e. The van der Waals surface area contributed by atoms with Gasteiger partial charge in [0.05, 0.1) is 13.7 Å². The Morgan fingerprint density at radius 3 is 2.72 bits per heavy atom. The number of rotatable bonds is 5. The van der Waals surface area contributed by atoms with Crippen molar-refractivity contribution >= 4 is 0 Å². The summed E-state index contributed by atoms with van der Waals surface area (Å²) in [7, 11) is 1.68. The van der Waals surface area contributed by atoms with Crippen LogP contribution in [0.4, 0.5) is 0 Å². The van der Waals surface area contributed by atoms with Crippen LogP contribution in [0.5, 0.6) is 5.75 Å². The van der Waals surface area contributed by atoms with Gasteiger partial charge in [0.25, 0.3) is 0 Å². The second-order valence-corrected chi connectivity index (χ2v) is 4.04. The zero-order valence-electron chi connectivity index (χ0n) is 10.6. The van der Waals surface area contributed by atoms with Crippen molar-refractivity contribution in [3.05, 3.63) is 54.1 Å². The van der Waals surface area contributed by atoms with E-state index < -0.39 is 0 Å². The summed E-state index contributed by atoms with van der Waals surface area (Å²) < 4.78 is 5.22. The van der Waals surface area contributed by atoms with Gasteiger partial charge in [0.2, 0.25) is 0 Å². The summed E-state index contributed by atoms with van der Waals surface area (Å²) in [6, 6.07) is 10.1. The third-order valence-corrected chi connectivity index (χ3v) is 2.78. The van der Waals surface area contributed by atoms with Crippen LogP contribution in [-0.2, 0) is 6.54 Å². The van der Waals surface area contributed by atoms with E-state index in [2.05, 4.69) is 28.3 Å². The second-order valence-electron chi connectivity index (χ2n) is 4.04. The van der Waals surface area contributed by atoms with Crippen molar-refractivity contribution in [3.63, 3.8) is 0 Å². The molecule has 4 nitrogen and oxygen atoms in total. The molecule has 1 N–H and O–H groups in total. The molecule has 0 amide bonds. The van der Waals surface area contributed by atoms with Gasteiger partial charge in [-0.25, -0.2) is 9.97 Å². The Bertz CT molecular complexity index is 487. The van der Waals surface area contributed by atoms with Crippen LogP contribution in [0.2, 0.25) is 0 Å². The van der Waals surface area contributed by atoms with Crippen LogP contribution >= 0.6 is 0 Å². The maximum atomic E-state index is 5.22. The summed E-state index contributed by atoms with van der Waals surface area (Å²) in [6.45, 7) is 2.76. The van der Waals surface area contributed by atoms with Gasteiger partial charge in [-0.3, -0.25) is 0 Å². The molecule has 0 saturated heterocycles. The lowest BCUT2D eigenvalue weighted by atomic mass is 10.1. The van der Waals surface area contributed by atoms with Crippen molar-refractivity contribution in [1.82, 2.24) is 15.3 Å². The molecule has 2 aromatic rings. The Labute approximate surface area is 107 Å². The van der Waals surface area contributed by atoms with E-state index in [0.717, 1.165) is 11.6 Å². The predicted molar refractivity (Wildman–Crippen MR) is 70.3 cm³/mol. The first-order valence-corrected chi connectivity index (χ1v) is 5.93. The number of benzene rings is 1. The third kappa shape index (κ3) is 3.28. The highest BCUT2D eigenvalue weighted by Gasteiger charge is 2.06. The smallest absolute Gasteiger partial charge is 0.141 e. The lowest BCUT2D eigenvalue weighted by Crippen LogP contribution is -2.19. The Balaban J connectivity index is 1.97. The number of nitrogens with zero attached hydrogens (tertiary/aromatic N) is 2. The minimum Gasteiger partial charge on any atom is -0.497 e. The van der Waals surface area contributed by atoms with Gasteiger partial charge in [0.1, 0.15) is 11.6 Å². The van der Waals surface area contributed by atoms with Gasteiger partial charge in [-0.1, -0.05) is 12.1 Å². The van der Waals surface area contributed by atoms with Gasteiger partial charge in [-0.05, 0) is 30.7 Å². The van der Waals surface area contributed by atoms with E-state index in [4.69, 9.17) is 4.74 Å². The Morgan fingerprint density at radius 1 is 1.22 bits per heavy atom. The summed E-state index contributed by atoms with van der Waals surface area (Å²) in [4.78, 5) is 8.36. The molecule has 0 spiro atoms. The van der Waals surface area contributed by atoms with E-state index in [0.29, 0.717) is 6.54 Å². The van der Waals surface area contributed by atoms with Crippen LogP contribution in [0.3, 0.4) is 0 Å². The van der Waals surface area contributed by atoms with E-state index in [1.807, 2.05) is 24.3 Å². The quantitative estimate of drug-likeness (QED) is 0.875. The summed E-state index contributed by atoms with van der Waals surface area (Å²) in [5.74, 6) is 1.67. The van der Waals surface area contributed by atoms with Crippen molar-refractivity contribution in [3.8, 4) is 5.75 Å². The van der Waals surface area contributed by atoms with Crippen LogP contribution in [0.1, 0.15) is 24.4 Å². The Morgan fingerprint density at radius 2 is 2.00 bits per heavy atom. The molecule has 0 aliphatic rings. The maximum Gasteiger partial charge on any atom is 0.141 e. The van der Waals surface area contributed by atoms with Crippen molar-refractivity contribution in [2.75, 3.05) is 7.11 Å². The van der Waals surface area contributed by atoms with E-state index in [-0.39, 0.29) is 6.04 Å². The van der Waals surface area contributed by atoms with E-state index in [1.54, 1.807) is 19.5 Å². The highest BCUT2D eigenvalue weighted by molar-refractivity contribution is 5.30. The van der Waals surface area contributed by atoms with Crippen LogP contribution in [0.25, 0.3) is 0 Å². The first kappa shape index (κ1) is 12.5. The van der Waals surface area contributed by atoms with Crippen LogP contribution < -0.4 is 10.1 Å². The highest BCUT2D eigenvalue weighted by atomic mass is 16.5. The summed E-state index contributed by atoms with van der Waals surface area (Å²) in [6.07, 6.45) is 3.50. The lowest BCUT2D eigenvalue weighted by molar-refractivity contribution is 0.413. The average Bonchev–Trinajstić information content (AvgIpc) is 2.46. The molecule has 0 saturated carbocycles. The standard InChI is InChI=1S/C14H17N3O/c1-11(12-5-3-6-13(9-12)18-2)17-10-14-15-7-4-8-16-14/h3-9,11,17H,10H2,1-2H3/t11-/m0/s1. The fourth-order valence-electron chi connectivity index (χ4n) is 1.69. The van der Waals surface area contributed by atoms with Crippen molar-refractivity contribution in [1.29, 1.82) is 0 Å². The van der Waals surface area contributed by atoms with E-state index in [1.165, 1.54) is 5.56 Å². The SMILES string of the molecule is COc1cccc([C@H](C)NCc2ncccn2)c1. The molecule has 0 fully saturated rings. The normalized spacial score (nSPS) is 12.1. The molecule has 1 heterocycles. The summed E-state index contributed by atoms with van der Waals surface area (Å²) in [5.41, 5.74) is 1.19. The number of nitrogens with one attached hydrogen (secondary N) is 1. The van der Waals surface area contributed by atoms with Gasteiger partial charge in [0.15, 0.2) is 0 Å².